The van der Waals surface area contributed by atoms with Gasteiger partial charge in [0, 0.05) is 29.4 Å². The van der Waals surface area contributed by atoms with Crippen molar-refractivity contribution in [2.75, 3.05) is 23.1 Å². The number of nitrogens with one attached hydrogen (secondary N) is 2. The van der Waals surface area contributed by atoms with E-state index in [0.717, 1.165) is 5.56 Å². The van der Waals surface area contributed by atoms with Crippen LogP contribution in [0, 0.1) is 18.7 Å². The fraction of sp³-hybridized carbons (Fsp3) is 0.269. The Kier molecular flexibility index (Phi) is 7.29. The molecule has 3 aromatic rings. The summed E-state index contributed by atoms with van der Waals surface area (Å²) < 4.78 is 41.8. The molecule has 1 aliphatic rings. The van der Waals surface area contributed by atoms with Crippen LogP contribution in [0.3, 0.4) is 0 Å². The number of aryl methyl sites for hydroxylation is 1. The van der Waals surface area contributed by atoms with Crippen molar-refractivity contribution in [3.05, 3.63) is 89.7 Å². The predicted molar refractivity (Wildman–Crippen MR) is 131 cm³/mol. The molecule has 0 aliphatic carbocycles. The normalized spacial score (nSPS) is 15.1. The van der Waals surface area contributed by atoms with E-state index in [2.05, 4.69) is 14.9 Å². The summed E-state index contributed by atoms with van der Waals surface area (Å²) in [4.78, 5) is 15.0. The molecule has 178 valence electrons. The van der Waals surface area contributed by atoms with Crippen LogP contribution in [-0.2, 0) is 21.4 Å². The van der Waals surface area contributed by atoms with E-state index in [-0.39, 0.29) is 22.5 Å². The molecule has 1 heterocycles. The van der Waals surface area contributed by atoms with E-state index >= 15 is 0 Å². The Bertz CT molecular complexity index is 1250. The molecule has 0 unspecified atom stereocenters. The number of piperidine rings is 1. The van der Waals surface area contributed by atoms with Crippen LogP contribution in [0.1, 0.15) is 24.0 Å². The van der Waals surface area contributed by atoms with E-state index < -0.39 is 10.0 Å². The highest BCUT2D eigenvalue weighted by Crippen LogP contribution is 2.23. The second-order valence-electron chi connectivity index (χ2n) is 8.63. The molecule has 34 heavy (non-hydrogen) atoms. The van der Waals surface area contributed by atoms with E-state index in [1.807, 2.05) is 19.1 Å². The largest absolute Gasteiger partial charge is 0.326 e. The lowest BCUT2D eigenvalue weighted by molar-refractivity contribution is -0.121. The topological polar surface area (TPSA) is 78.5 Å². The summed E-state index contributed by atoms with van der Waals surface area (Å²) in [5, 5.41) is 2.89. The summed E-state index contributed by atoms with van der Waals surface area (Å²) >= 11 is 0. The monoisotopic (exact) mass is 481 g/mol. The van der Waals surface area contributed by atoms with Crippen molar-refractivity contribution in [2.45, 2.75) is 31.2 Å². The van der Waals surface area contributed by atoms with E-state index in [4.69, 9.17) is 0 Å². The molecule has 0 bridgehead atoms. The van der Waals surface area contributed by atoms with Gasteiger partial charge in [0.15, 0.2) is 0 Å². The molecule has 0 spiro atoms. The number of sulfonamides is 1. The van der Waals surface area contributed by atoms with Gasteiger partial charge in [-0.15, -0.1) is 0 Å². The van der Waals surface area contributed by atoms with E-state index in [9.17, 15) is 17.6 Å². The zero-order valence-electron chi connectivity index (χ0n) is 19.0. The molecule has 0 saturated carbocycles. The van der Waals surface area contributed by atoms with Crippen LogP contribution in [0.5, 0.6) is 0 Å². The second-order valence-corrected chi connectivity index (χ2v) is 10.3. The Morgan fingerprint density at radius 2 is 1.68 bits per heavy atom. The van der Waals surface area contributed by atoms with Crippen LogP contribution in [0.25, 0.3) is 0 Å². The third-order valence-electron chi connectivity index (χ3n) is 6.01. The molecule has 0 atom stereocenters. The molecule has 1 saturated heterocycles. The fourth-order valence-electron chi connectivity index (χ4n) is 4.11. The first-order valence-corrected chi connectivity index (χ1v) is 12.7. The lowest BCUT2D eigenvalue weighted by Crippen LogP contribution is -2.37. The lowest BCUT2D eigenvalue weighted by Gasteiger charge is -2.31. The van der Waals surface area contributed by atoms with Gasteiger partial charge >= 0.3 is 0 Å². The molecule has 8 heteroatoms. The van der Waals surface area contributed by atoms with Gasteiger partial charge in [0.05, 0.1) is 4.90 Å². The summed E-state index contributed by atoms with van der Waals surface area (Å²) in [7, 11) is -3.73. The number of benzene rings is 3. The molecule has 0 radical (unpaired) electrons. The van der Waals surface area contributed by atoms with Crippen LogP contribution < -0.4 is 10.0 Å². The number of halogens is 1. The molecule has 1 amide bonds. The van der Waals surface area contributed by atoms with Gasteiger partial charge in [-0.25, -0.2) is 12.8 Å². The maximum Gasteiger partial charge on any atom is 0.261 e. The zero-order chi connectivity index (χ0) is 24.1. The van der Waals surface area contributed by atoms with Crippen LogP contribution >= 0.6 is 0 Å². The molecule has 3 aromatic carbocycles. The molecule has 2 N–H and O–H groups in total. The Labute approximate surface area is 199 Å². The Morgan fingerprint density at radius 1 is 0.971 bits per heavy atom. The van der Waals surface area contributed by atoms with Crippen molar-refractivity contribution in [3.63, 3.8) is 0 Å². The zero-order valence-corrected chi connectivity index (χ0v) is 19.8. The SMILES string of the molecule is Cc1cccc(NS(=O)(=O)c2ccc(NC(=O)C3CCN(Cc4ccccc4F)CC3)cc2)c1. The molecule has 6 nitrogen and oxygen atoms in total. The van der Waals surface area contributed by atoms with Crippen LogP contribution in [0.4, 0.5) is 15.8 Å². The van der Waals surface area contributed by atoms with E-state index in [0.29, 0.717) is 49.4 Å². The minimum Gasteiger partial charge on any atom is -0.326 e. The maximum atomic E-state index is 13.9. The third-order valence-corrected chi connectivity index (χ3v) is 7.41. The van der Waals surface area contributed by atoms with Gasteiger partial charge < -0.3 is 5.32 Å². The van der Waals surface area contributed by atoms with Crippen molar-refractivity contribution < 1.29 is 17.6 Å². The number of carbonyl (C=O) groups excluding carboxylic acids is 1. The number of nitrogens with zero attached hydrogens (tertiary/aromatic N) is 1. The summed E-state index contributed by atoms with van der Waals surface area (Å²) in [6.45, 7) is 3.86. The van der Waals surface area contributed by atoms with Gasteiger partial charge in [-0.3, -0.25) is 14.4 Å². The van der Waals surface area contributed by atoms with Gasteiger partial charge in [-0.2, -0.15) is 0 Å². The number of carbonyl (C=O) groups is 1. The summed E-state index contributed by atoms with van der Waals surface area (Å²) in [6, 6.07) is 20.0. The van der Waals surface area contributed by atoms with Gasteiger partial charge in [0.1, 0.15) is 5.82 Å². The third kappa shape index (κ3) is 6.01. The Morgan fingerprint density at radius 3 is 2.35 bits per heavy atom. The van der Waals surface area contributed by atoms with E-state index in [1.54, 1.807) is 42.5 Å². The van der Waals surface area contributed by atoms with Crippen molar-refractivity contribution >= 4 is 27.3 Å². The molecule has 1 fully saturated rings. The minimum absolute atomic E-state index is 0.0842. The average Bonchev–Trinajstić information content (AvgIpc) is 2.81. The first-order chi connectivity index (χ1) is 16.3. The highest BCUT2D eigenvalue weighted by atomic mass is 32.2. The van der Waals surface area contributed by atoms with Crippen LogP contribution in [0.2, 0.25) is 0 Å². The Hall–Kier alpha value is -3.23. The molecular formula is C26H28FN3O3S. The maximum absolute atomic E-state index is 13.9. The smallest absolute Gasteiger partial charge is 0.261 e. The minimum atomic E-state index is -3.73. The van der Waals surface area contributed by atoms with Crippen LogP contribution in [-0.4, -0.2) is 32.3 Å². The molecule has 1 aliphatic heterocycles. The second kappa shape index (κ2) is 10.4. The van der Waals surface area contributed by atoms with Crippen molar-refractivity contribution in [1.29, 1.82) is 0 Å². The highest BCUT2D eigenvalue weighted by molar-refractivity contribution is 7.92. The quantitative estimate of drug-likeness (QED) is 0.509. The van der Waals surface area contributed by atoms with Crippen LogP contribution in [0.15, 0.2) is 77.7 Å². The number of amides is 1. The first-order valence-electron chi connectivity index (χ1n) is 11.3. The molecule has 0 aromatic heterocycles. The average molecular weight is 482 g/mol. The van der Waals surface area contributed by atoms with E-state index in [1.165, 1.54) is 18.2 Å². The lowest BCUT2D eigenvalue weighted by atomic mass is 9.95. The van der Waals surface area contributed by atoms with Crippen molar-refractivity contribution in [2.24, 2.45) is 5.92 Å². The highest BCUT2D eigenvalue weighted by Gasteiger charge is 2.25. The van der Waals surface area contributed by atoms with Gasteiger partial charge in [-0.05, 0) is 80.9 Å². The summed E-state index contributed by atoms with van der Waals surface area (Å²) in [5.74, 6) is -0.427. The molecular weight excluding hydrogens is 453 g/mol. The standard InChI is InChI=1S/C26H28FN3O3S/c1-19-5-4-7-23(17-19)29-34(32,33)24-11-9-22(10-12-24)28-26(31)20-13-15-30(16-14-20)18-21-6-2-3-8-25(21)27/h2-12,17,20,29H,13-16,18H2,1H3,(H,28,31). The molecule has 4 rings (SSSR count). The number of anilines is 2. The van der Waals surface area contributed by atoms with Crippen molar-refractivity contribution in [3.8, 4) is 0 Å². The number of likely N-dealkylation sites (tertiary alicyclic amines) is 1. The number of rotatable bonds is 7. The predicted octanol–water partition coefficient (Wildman–Crippen LogP) is 4.79. The number of hydrogen-bond acceptors (Lipinski definition) is 4. The fourth-order valence-corrected chi connectivity index (χ4v) is 5.15. The Balaban J connectivity index is 1.30. The first kappa shape index (κ1) is 23.9. The summed E-state index contributed by atoms with van der Waals surface area (Å²) in [5.41, 5.74) is 2.67. The van der Waals surface area contributed by atoms with Gasteiger partial charge in [0.2, 0.25) is 5.91 Å². The van der Waals surface area contributed by atoms with Crippen molar-refractivity contribution in [1.82, 2.24) is 4.90 Å². The van der Waals surface area contributed by atoms with Gasteiger partial charge in [-0.1, -0.05) is 30.3 Å². The number of hydrogen-bond donors (Lipinski definition) is 2. The summed E-state index contributed by atoms with van der Waals surface area (Å²) in [6.07, 6.45) is 1.38. The van der Waals surface area contributed by atoms with Gasteiger partial charge in [0.25, 0.3) is 10.0 Å².